The molecule has 0 N–H and O–H groups in total. The lowest BCUT2D eigenvalue weighted by Gasteiger charge is -2.26. The number of benzene rings is 3. The molecule has 0 amide bonds. The monoisotopic (exact) mass is 521 g/mol. The Morgan fingerprint density at radius 2 is 1.46 bits per heavy atom. The molecule has 1 atom stereocenters. The number of rotatable bonds is 9. The van der Waals surface area contributed by atoms with Gasteiger partial charge in [-0.05, 0) is 80.0 Å². The van der Waals surface area contributed by atoms with Crippen LogP contribution in [0.15, 0.2) is 71.1 Å². The van der Waals surface area contributed by atoms with E-state index >= 15 is 0 Å². The molecule has 1 aromatic heterocycles. The van der Waals surface area contributed by atoms with Crippen molar-refractivity contribution < 1.29 is 18.6 Å². The maximum atomic E-state index is 6.43. The van der Waals surface area contributed by atoms with E-state index in [2.05, 4.69) is 42.2 Å². The van der Waals surface area contributed by atoms with E-state index in [9.17, 15) is 0 Å². The van der Waals surface area contributed by atoms with Crippen molar-refractivity contribution in [2.24, 2.45) is 0 Å². The molecule has 37 heavy (non-hydrogen) atoms. The molecule has 1 aliphatic rings. The van der Waals surface area contributed by atoms with Crippen LogP contribution in [0.4, 0.5) is 0 Å². The molecule has 0 spiro atoms. The molecule has 6 heteroatoms. The number of likely N-dealkylation sites (tertiary alicyclic amines) is 1. The zero-order valence-electron chi connectivity index (χ0n) is 21.9. The molecule has 0 aliphatic carbocycles. The van der Waals surface area contributed by atoms with Gasteiger partial charge in [-0.15, -0.1) is 12.4 Å². The van der Waals surface area contributed by atoms with Crippen LogP contribution in [0, 0.1) is 0 Å². The molecule has 2 heterocycles. The van der Waals surface area contributed by atoms with Crippen molar-refractivity contribution in [1.29, 1.82) is 0 Å². The summed E-state index contributed by atoms with van der Waals surface area (Å²) in [5, 5.41) is 1.09. The van der Waals surface area contributed by atoms with Gasteiger partial charge >= 0.3 is 0 Å². The van der Waals surface area contributed by atoms with Gasteiger partial charge < -0.3 is 18.6 Å². The lowest BCUT2D eigenvalue weighted by Crippen LogP contribution is -2.33. The van der Waals surface area contributed by atoms with E-state index < -0.39 is 0 Å². The minimum absolute atomic E-state index is 0. The molecule has 196 valence electrons. The van der Waals surface area contributed by atoms with E-state index in [1.54, 1.807) is 14.2 Å². The van der Waals surface area contributed by atoms with Crippen LogP contribution >= 0.6 is 12.4 Å². The van der Waals surface area contributed by atoms with Crippen LogP contribution in [-0.4, -0.2) is 45.4 Å². The van der Waals surface area contributed by atoms with Crippen molar-refractivity contribution in [1.82, 2.24) is 4.90 Å². The average Bonchev–Trinajstić information content (AvgIpc) is 3.32. The minimum atomic E-state index is 0. The predicted molar refractivity (Wildman–Crippen MR) is 152 cm³/mol. The Balaban J connectivity index is 0.00000320. The Labute approximate surface area is 225 Å². The summed E-state index contributed by atoms with van der Waals surface area (Å²) in [5.41, 5.74) is 4.22. The third-order valence-corrected chi connectivity index (χ3v) is 7.23. The number of fused-ring (bicyclic) bond motifs is 1. The molecule has 0 saturated carbocycles. The van der Waals surface area contributed by atoms with Crippen molar-refractivity contribution >= 4 is 23.4 Å². The largest absolute Gasteiger partial charge is 0.497 e. The van der Waals surface area contributed by atoms with E-state index in [-0.39, 0.29) is 18.3 Å². The van der Waals surface area contributed by atoms with Gasteiger partial charge in [0.15, 0.2) is 0 Å². The van der Waals surface area contributed by atoms with E-state index in [1.807, 2.05) is 36.4 Å². The molecule has 5 rings (SSSR count). The fourth-order valence-corrected chi connectivity index (χ4v) is 5.11. The summed E-state index contributed by atoms with van der Waals surface area (Å²) in [7, 11) is 3.35. The summed E-state index contributed by atoms with van der Waals surface area (Å²) in [6.45, 7) is 6.34. The van der Waals surface area contributed by atoms with Crippen LogP contribution in [0.25, 0.3) is 22.3 Å². The van der Waals surface area contributed by atoms with Crippen molar-refractivity contribution in [2.45, 2.75) is 32.1 Å². The van der Waals surface area contributed by atoms with Crippen LogP contribution in [0.5, 0.6) is 17.2 Å². The third kappa shape index (κ3) is 6.06. The zero-order chi connectivity index (χ0) is 24.9. The summed E-state index contributed by atoms with van der Waals surface area (Å²) < 4.78 is 23.3. The van der Waals surface area contributed by atoms with Gasteiger partial charge in [0.2, 0.25) is 0 Å². The zero-order valence-corrected chi connectivity index (χ0v) is 22.7. The number of halogens is 1. The van der Waals surface area contributed by atoms with Crippen molar-refractivity contribution in [3.63, 3.8) is 0 Å². The van der Waals surface area contributed by atoms with Crippen LogP contribution in [0.2, 0.25) is 0 Å². The summed E-state index contributed by atoms with van der Waals surface area (Å²) in [6.07, 6.45) is 3.97. The predicted octanol–water partition coefficient (Wildman–Crippen LogP) is 7.56. The van der Waals surface area contributed by atoms with Gasteiger partial charge in [-0.1, -0.05) is 25.5 Å². The van der Waals surface area contributed by atoms with Gasteiger partial charge in [0, 0.05) is 35.0 Å². The molecule has 0 radical (unpaired) electrons. The lowest BCUT2D eigenvalue weighted by molar-refractivity contribution is 0.183. The number of hydrogen-bond donors (Lipinski definition) is 0. The topological polar surface area (TPSA) is 44.1 Å². The smallest absolute Gasteiger partial charge is 0.139 e. The summed E-state index contributed by atoms with van der Waals surface area (Å²) >= 11 is 0. The van der Waals surface area contributed by atoms with Crippen LogP contribution in [0.3, 0.4) is 0 Å². The van der Waals surface area contributed by atoms with E-state index in [0.717, 1.165) is 58.3 Å². The first-order valence-corrected chi connectivity index (χ1v) is 12.9. The highest BCUT2D eigenvalue weighted by Crippen LogP contribution is 2.42. The van der Waals surface area contributed by atoms with Gasteiger partial charge in [-0.3, -0.25) is 4.90 Å². The van der Waals surface area contributed by atoms with Gasteiger partial charge in [-0.2, -0.15) is 0 Å². The van der Waals surface area contributed by atoms with E-state index in [1.165, 1.54) is 37.9 Å². The Bertz CT molecular complexity index is 1280. The standard InChI is InChI=1S/C31H35NO4.ClH/c1-22(23-7-13-26(14-8-23)35-20-19-32-17-5-4-6-18-32)30-28-16-15-27(34-3)21-29(28)36-31(30)24-9-11-25(33-2)12-10-24;/h7-16,21-22H,4-6,17-20H2,1-3H3;1H. The third-order valence-electron chi connectivity index (χ3n) is 7.23. The lowest BCUT2D eigenvalue weighted by atomic mass is 9.89. The van der Waals surface area contributed by atoms with Crippen molar-refractivity contribution in [2.75, 3.05) is 40.5 Å². The Kier molecular flexibility index (Phi) is 9.01. The second-order valence-electron chi connectivity index (χ2n) is 9.48. The highest BCUT2D eigenvalue weighted by molar-refractivity contribution is 5.90. The summed E-state index contributed by atoms with van der Waals surface area (Å²) in [5.74, 6) is 3.51. The second-order valence-corrected chi connectivity index (χ2v) is 9.48. The Hall–Kier alpha value is -3.15. The Morgan fingerprint density at radius 1 is 0.811 bits per heavy atom. The number of hydrogen-bond acceptors (Lipinski definition) is 5. The number of furan rings is 1. The molecule has 4 aromatic rings. The van der Waals surface area contributed by atoms with Gasteiger partial charge in [0.05, 0.1) is 14.2 Å². The fraction of sp³-hybridized carbons (Fsp3) is 0.355. The van der Waals surface area contributed by atoms with Crippen LogP contribution in [0.1, 0.15) is 43.2 Å². The van der Waals surface area contributed by atoms with Crippen LogP contribution < -0.4 is 14.2 Å². The normalized spacial score (nSPS) is 14.7. The maximum absolute atomic E-state index is 6.43. The number of methoxy groups -OCH3 is 2. The summed E-state index contributed by atoms with van der Waals surface area (Å²) in [4.78, 5) is 2.50. The molecule has 1 aliphatic heterocycles. The highest BCUT2D eigenvalue weighted by atomic mass is 35.5. The van der Waals surface area contributed by atoms with Gasteiger partial charge in [-0.25, -0.2) is 0 Å². The SMILES string of the molecule is COc1ccc(-c2oc3cc(OC)ccc3c2C(C)c2ccc(OCCN3CCCCC3)cc2)cc1.Cl. The highest BCUT2D eigenvalue weighted by Gasteiger charge is 2.23. The average molecular weight is 522 g/mol. The number of nitrogens with zero attached hydrogens (tertiary/aromatic N) is 1. The molecular formula is C31H36ClNO4. The van der Waals surface area contributed by atoms with Crippen molar-refractivity contribution in [3.8, 4) is 28.6 Å². The van der Waals surface area contributed by atoms with E-state index in [0.29, 0.717) is 0 Å². The first kappa shape index (κ1) is 26.9. The van der Waals surface area contributed by atoms with Gasteiger partial charge in [0.25, 0.3) is 0 Å². The van der Waals surface area contributed by atoms with Gasteiger partial charge in [0.1, 0.15) is 35.2 Å². The van der Waals surface area contributed by atoms with Crippen molar-refractivity contribution in [3.05, 3.63) is 77.9 Å². The molecule has 1 unspecified atom stereocenters. The number of ether oxygens (including phenoxy) is 3. The van der Waals surface area contributed by atoms with Crippen LogP contribution in [-0.2, 0) is 0 Å². The Morgan fingerprint density at radius 3 is 2.14 bits per heavy atom. The minimum Gasteiger partial charge on any atom is -0.497 e. The fourth-order valence-electron chi connectivity index (χ4n) is 5.11. The number of piperidine rings is 1. The molecule has 1 saturated heterocycles. The first-order chi connectivity index (χ1) is 17.7. The maximum Gasteiger partial charge on any atom is 0.139 e. The molecule has 3 aromatic carbocycles. The first-order valence-electron chi connectivity index (χ1n) is 12.9. The molecule has 1 fully saturated rings. The molecular weight excluding hydrogens is 486 g/mol. The second kappa shape index (κ2) is 12.4. The molecule has 0 bridgehead atoms. The molecule has 5 nitrogen and oxygen atoms in total. The van der Waals surface area contributed by atoms with E-state index in [4.69, 9.17) is 18.6 Å². The quantitative estimate of drug-likeness (QED) is 0.227. The summed E-state index contributed by atoms with van der Waals surface area (Å²) in [6, 6.07) is 22.6.